The quantitative estimate of drug-likeness (QED) is 0.0501. The third kappa shape index (κ3) is 27.2. The van der Waals surface area contributed by atoms with Crippen LogP contribution >= 0.6 is 0 Å². The predicted molar refractivity (Wildman–Crippen MR) is 207 cm³/mol. The highest BCUT2D eigenvalue weighted by Crippen LogP contribution is 2.16. The summed E-state index contributed by atoms with van der Waals surface area (Å²) in [6, 6.07) is 0. The second-order valence-corrected chi connectivity index (χ2v) is 15.2. The molecule has 46 heavy (non-hydrogen) atoms. The summed E-state index contributed by atoms with van der Waals surface area (Å²) in [7, 11) is 0. The van der Waals surface area contributed by atoms with Crippen molar-refractivity contribution in [1.29, 1.82) is 0 Å². The number of nitrogens with zero attached hydrogens (tertiary/aromatic N) is 2. The molecular weight excluding hydrogens is 556 g/mol. The standard InChI is InChI=1S/C44H87N2/c1-4-7-10-13-16-19-21-22-23-24-26-29-32-35-38-41-46-43-42-45(40-37-34-31-28-18-15-12-9-6-3)44(46)39-36-33-30-27-25-20-17-14-11-8-5-2/h42-43H,4-41H2,1-3H3/q+1. The van der Waals surface area contributed by atoms with Crippen LogP contribution in [0, 0.1) is 0 Å². The molecule has 0 aliphatic carbocycles. The molecule has 0 fully saturated rings. The first kappa shape index (κ1) is 43.2. The minimum Gasteiger partial charge on any atom is -0.234 e. The summed E-state index contributed by atoms with van der Waals surface area (Å²) in [5, 5.41) is 0. The van der Waals surface area contributed by atoms with Gasteiger partial charge >= 0.3 is 0 Å². The van der Waals surface area contributed by atoms with Crippen LogP contribution in [0.3, 0.4) is 0 Å². The van der Waals surface area contributed by atoms with Crippen LogP contribution in [0.4, 0.5) is 0 Å². The molecule has 0 atom stereocenters. The molecule has 0 bridgehead atoms. The summed E-state index contributed by atoms with van der Waals surface area (Å²) in [5.74, 6) is 1.63. The number of rotatable bonds is 38. The maximum atomic E-state index is 2.65. The molecule has 1 aromatic rings. The Morgan fingerprint density at radius 2 is 0.674 bits per heavy atom. The Kier molecular flexibility index (Phi) is 33.4. The summed E-state index contributed by atoms with van der Waals surface area (Å²) in [4.78, 5) is 0. The first-order valence-electron chi connectivity index (χ1n) is 21.9. The molecule has 0 amide bonds. The molecule has 1 heterocycles. The zero-order valence-electron chi connectivity index (χ0n) is 32.4. The summed E-state index contributed by atoms with van der Waals surface area (Å²) < 4.78 is 5.29. The molecule has 1 rings (SSSR count). The maximum Gasteiger partial charge on any atom is 0.256 e. The zero-order chi connectivity index (χ0) is 33.0. The average Bonchev–Trinajstić information content (AvgIpc) is 3.45. The number of hydrogen-bond donors (Lipinski definition) is 0. The Hall–Kier alpha value is -0.790. The van der Waals surface area contributed by atoms with Crippen molar-refractivity contribution in [3.8, 4) is 0 Å². The van der Waals surface area contributed by atoms with Crippen molar-refractivity contribution in [3.63, 3.8) is 0 Å². The van der Waals surface area contributed by atoms with E-state index in [2.05, 4.69) is 42.3 Å². The van der Waals surface area contributed by atoms with Crippen LogP contribution in [0.1, 0.15) is 251 Å². The monoisotopic (exact) mass is 644 g/mol. The van der Waals surface area contributed by atoms with Crippen LogP contribution in [0.5, 0.6) is 0 Å². The fourth-order valence-electron chi connectivity index (χ4n) is 7.39. The lowest BCUT2D eigenvalue weighted by Crippen LogP contribution is -2.37. The molecule has 1 aromatic heterocycles. The second-order valence-electron chi connectivity index (χ2n) is 15.2. The number of aryl methyl sites for hydroxylation is 2. The molecule has 2 heteroatoms. The lowest BCUT2D eigenvalue weighted by Gasteiger charge is -2.07. The highest BCUT2D eigenvalue weighted by Gasteiger charge is 2.16. The van der Waals surface area contributed by atoms with Gasteiger partial charge in [0.05, 0.1) is 13.1 Å². The van der Waals surface area contributed by atoms with Gasteiger partial charge in [-0.2, -0.15) is 0 Å². The number of hydrogen-bond acceptors (Lipinski definition) is 0. The highest BCUT2D eigenvalue weighted by atomic mass is 15.1. The Bertz CT molecular complexity index is 707. The fourth-order valence-corrected chi connectivity index (χ4v) is 7.39. The van der Waals surface area contributed by atoms with E-state index in [4.69, 9.17) is 0 Å². The van der Waals surface area contributed by atoms with Gasteiger partial charge in [-0.05, 0) is 32.1 Å². The molecule has 0 spiro atoms. The van der Waals surface area contributed by atoms with E-state index in [9.17, 15) is 0 Å². The smallest absolute Gasteiger partial charge is 0.234 e. The minimum absolute atomic E-state index is 1.23. The van der Waals surface area contributed by atoms with Crippen molar-refractivity contribution >= 4 is 0 Å². The molecule has 0 saturated heterocycles. The van der Waals surface area contributed by atoms with Gasteiger partial charge in [0.25, 0.3) is 5.82 Å². The van der Waals surface area contributed by atoms with Crippen LogP contribution in [-0.4, -0.2) is 4.57 Å². The van der Waals surface area contributed by atoms with Crippen LogP contribution < -0.4 is 4.57 Å². The SMILES string of the molecule is CCCCCCCCCCCCCCCCC[n+]1ccn(CCCCCCCCCCC)c1CCCCCCCCCCCCC. The molecule has 2 nitrogen and oxygen atoms in total. The predicted octanol–water partition coefficient (Wildman–Crippen LogP) is 15.0. The third-order valence-corrected chi connectivity index (χ3v) is 10.6. The van der Waals surface area contributed by atoms with Gasteiger partial charge in [0.2, 0.25) is 0 Å². The van der Waals surface area contributed by atoms with Gasteiger partial charge in [-0.1, -0.05) is 213 Å². The third-order valence-electron chi connectivity index (χ3n) is 10.6. The molecule has 0 radical (unpaired) electrons. The van der Waals surface area contributed by atoms with E-state index in [-0.39, 0.29) is 0 Å². The highest BCUT2D eigenvalue weighted by molar-refractivity contribution is 4.84. The molecular formula is C44H87N2+. The number of aromatic nitrogens is 2. The van der Waals surface area contributed by atoms with Crippen molar-refractivity contribution in [2.45, 2.75) is 265 Å². The van der Waals surface area contributed by atoms with Crippen LogP contribution in [0.25, 0.3) is 0 Å². The fraction of sp³-hybridized carbons (Fsp3) is 0.932. The van der Waals surface area contributed by atoms with E-state index in [1.54, 1.807) is 5.82 Å². The minimum atomic E-state index is 1.23. The van der Waals surface area contributed by atoms with Crippen molar-refractivity contribution in [3.05, 3.63) is 18.2 Å². The summed E-state index contributed by atoms with van der Waals surface area (Å²) in [5.41, 5.74) is 0. The summed E-state index contributed by atoms with van der Waals surface area (Å²) in [6.45, 7) is 9.41. The normalized spacial score (nSPS) is 11.6. The van der Waals surface area contributed by atoms with Gasteiger partial charge in [0.1, 0.15) is 12.4 Å². The van der Waals surface area contributed by atoms with Gasteiger partial charge in [-0.15, -0.1) is 0 Å². The molecule has 0 saturated carbocycles. The van der Waals surface area contributed by atoms with E-state index in [0.29, 0.717) is 0 Å². The molecule has 0 unspecified atom stereocenters. The second kappa shape index (κ2) is 35.5. The molecule has 0 N–H and O–H groups in total. The Morgan fingerprint density at radius 3 is 1.04 bits per heavy atom. The Morgan fingerprint density at radius 1 is 0.370 bits per heavy atom. The van der Waals surface area contributed by atoms with Crippen molar-refractivity contribution in [2.24, 2.45) is 0 Å². The molecule has 0 aliphatic heterocycles. The molecule has 0 aliphatic rings. The first-order chi connectivity index (χ1) is 22.8. The Labute approximate surface area is 291 Å². The van der Waals surface area contributed by atoms with Crippen molar-refractivity contribution < 1.29 is 4.57 Å². The van der Waals surface area contributed by atoms with E-state index in [1.807, 2.05) is 0 Å². The van der Waals surface area contributed by atoms with Gasteiger partial charge < -0.3 is 0 Å². The van der Waals surface area contributed by atoms with Gasteiger partial charge in [-0.25, -0.2) is 9.13 Å². The van der Waals surface area contributed by atoms with Crippen molar-refractivity contribution in [2.75, 3.05) is 0 Å². The van der Waals surface area contributed by atoms with Crippen LogP contribution in [0.2, 0.25) is 0 Å². The largest absolute Gasteiger partial charge is 0.256 e. The zero-order valence-corrected chi connectivity index (χ0v) is 32.4. The van der Waals surface area contributed by atoms with Gasteiger partial charge in [-0.3, -0.25) is 0 Å². The van der Waals surface area contributed by atoms with Gasteiger partial charge in [0.15, 0.2) is 0 Å². The Balaban J connectivity index is 2.26. The van der Waals surface area contributed by atoms with Crippen LogP contribution in [-0.2, 0) is 19.5 Å². The topological polar surface area (TPSA) is 8.81 Å². The summed E-state index contributed by atoms with van der Waals surface area (Å²) >= 11 is 0. The van der Waals surface area contributed by atoms with E-state index in [1.165, 1.54) is 244 Å². The maximum absolute atomic E-state index is 2.65. The van der Waals surface area contributed by atoms with Crippen LogP contribution in [0.15, 0.2) is 12.4 Å². The van der Waals surface area contributed by atoms with Crippen molar-refractivity contribution in [1.82, 2.24) is 4.57 Å². The summed E-state index contributed by atoms with van der Waals surface area (Å²) in [6.07, 6.45) is 56.3. The van der Waals surface area contributed by atoms with E-state index < -0.39 is 0 Å². The number of unbranched alkanes of at least 4 members (excludes halogenated alkanes) is 32. The lowest BCUT2D eigenvalue weighted by molar-refractivity contribution is -0.704. The molecule has 0 aromatic carbocycles. The first-order valence-corrected chi connectivity index (χ1v) is 21.9. The average molecular weight is 644 g/mol. The lowest BCUT2D eigenvalue weighted by atomic mass is 10.0. The van der Waals surface area contributed by atoms with Gasteiger partial charge in [0, 0.05) is 6.42 Å². The number of imidazole rings is 1. The van der Waals surface area contributed by atoms with E-state index >= 15 is 0 Å². The van der Waals surface area contributed by atoms with E-state index in [0.717, 1.165) is 0 Å². The molecule has 272 valence electrons.